The topological polar surface area (TPSA) is 29.5 Å². The van der Waals surface area contributed by atoms with E-state index < -0.39 is 0 Å². The number of hydrogen-bond donors (Lipinski definition) is 0. The van der Waals surface area contributed by atoms with Gasteiger partial charge in [-0.15, -0.1) is 11.3 Å². The first-order valence-electron chi connectivity index (χ1n) is 9.86. The Labute approximate surface area is 170 Å². The van der Waals surface area contributed by atoms with Gasteiger partial charge in [-0.2, -0.15) is 0 Å². The van der Waals surface area contributed by atoms with E-state index in [9.17, 15) is 4.79 Å². The lowest BCUT2D eigenvalue weighted by Gasteiger charge is -2.31. The number of ether oxygens (including phenoxy) is 1. The molecule has 1 amide bonds. The van der Waals surface area contributed by atoms with Gasteiger partial charge in [0.1, 0.15) is 12.4 Å². The minimum absolute atomic E-state index is 0.161. The van der Waals surface area contributed by atoms with Crippen LogP contribution in [0, 0.1) is 5.92 Å². The molecule has 0 spiro atoms. The number of likely N-dealkylation sites (tertiary alicyclic amines) is 1. The lowest BCUT2D eigenvalue weighted by Crippen LogP contribution is -2.38. The summed E-state index contributed by atoms with van der Waals surface area (Å²) >= 11 is 1.52. The zero-order valence-corrected chi connectivity index (χ0v) is 16.7. The van der Waals surface area contributed by atoms with Gasteiger partial charge in [0.2, 0.25) is 0 Å². The van der Waals surface area contributed by atoms with Gasteiger partial charge in [0, 0.05) is 18.7 Å². The van der Waals surface area contributed by atoms with Crippen molar-refractivity contribution in [2.24, 2.45) is 5.92 Å². The second kappa shape index (κ2) is 9.07. The predicted octanol–water partition coefficient (Wildman–Crippen LogP) is 5.42. The van der Waals surface area contributed by atoms with Crippen molar-refractivity contribution in [1.29, 1.82) is 0 Å². The lowest BCUT2D eigenvalue weighted by molar-refractivity contribution is 0.0695. The molecule has 0 unspecified atom stereocenters. The van der Waals surface area contributed by atoms with E-state index in [4.69, 9.17) is 4.74 Å². The number of hydrogen-bond acceptors (Lipinski definition) is 3. The van der Waals surface area contributed by atoms with Crippen LogP contribution in [0.1, 0.15) is 33.6 Å². The van der Waals surface area contributed by atoms with Crippen LogP contribution in [0.2, 0.25) is 0 Å². The smallest absolute Gasteiger partial charge is 0.263 e. The Kier molecular flexibility index (Phi) is 6.07. The van der Waals surface area contributed by atoms with Gasteiger partial charge in [0.25, 0.3) is 5.91 Å². The molecular formula is C24H25NO2S. The Bertz CT molecular complexity index is 883. The zero-order chi connectivity index (χ0) is 19.2. The van der Waals surface area contributed by atoms with Gasteiger partial charge in [-0.25, -0.2) is 0 Å². The van der Waals surface area contributed by atoms with Crippen molar-refractivity contribution in [1.82, 2.24) is 4.90 Å². The summed E-state index contributed by atoms with van der Waals surface area (Å²) in [5.74, 6) is 1.68. The average molecular weight is 392 g/mol. The highest BCUT2D eigenvalue weighted by atomic mass is 32.1. The maximum atomic E-state index is 12.8. The van der Waals surface area contributed by atoms with Gasteiger partial charge in [-0.05, 0) is 54.3 Å². The molecule has 4 heteroatoms. The summed E-state index contributed by atoms with van der Waals surface area (Å²) in [5, 5.41) is 2.03. The third-order valence-electron chi connectivity index (χ3n) is 5.28. The molecule has 1 saturated heterocycles. The van der Waals surface area contributed by atoms with E-state index in [0.717, 1.165) is 48.5 Å². The predicted molar refractivity (Wildman–Crippen MR) is 114 cm³/mol. The van der Waals surface area contributed by atoms with Gasteiger partial charge in [0.15, 0.2) is 0 Å². The van der Waals surface area contributed by atoms with Crippen LogP contribution in [0.3, 0.4) is 0 Å². The molecule has 0 bridgehead atoms. The summed E-state index contributed by atoms with van der Waals surface area (Å²) in [7, 11) is 0. The number of para-hydroxylation sites is 1. The zero-order valence-electron chi connectivity index (χ0n) is 15.9. The van der Waals surface area contributed by atoms with Crippen LogP contribution in [0.5, 0.6) is 5.75 Å². The molecule has 28 heavy (non-hydrogen) atoms. The normalized spacial score (nSPS) is 14.8. The van der Waals surface area contributed by atoms with Crippen LogP contribution in [-0.4, -0.2) is 23.9 Å². The number of rotatable bonds is 6. The third-order valence-corrected chi connectivity index (χ3v) is 6.25. The summed E-state index contributed by atoms with van der Waals surface area (Å²) in [6, 6.07) is 22.4. The Hall–Kier alpha value is -2.59. The molecule has 0 radical (unpaired) electrons. The number of nitrogens with zero attached hydrogens (tertiary/aromatic N) is 1. The fraction of sp³-hybridized carbons (Fsp3) is 0.292. The van der Waals surface area contributed by atoms with Gasteiger partial charge < -0.3 is 9.64 Å². The highest BCUT2D eigenvalue weighted by molar-refractivity contribution is 7.12. The quantitative estimate of drug-likeness (QED) is 0.561. The molecule has 0 aliphatic carbocycles. The van der Waals surface area contributed by atoms with Crippen molar-refractivity contribution in [2.75, 3.05) is 13.1 Å². The van der Waals surface area contributed by atoms with Crippen molar-refractivity contribution in [3.05, 3.63) is 88.1 Å². The molecule has 3 nitrogen and oxygen atoms in total. The number of carbonyl (C=O) groups excluding carboxylic acids is 1. The van der Waals surface area contributed by atoms with Crippen molar-refractivity contribution in [3.63, 3.8) is 0 Å². The molecule has 0 atom stereocenters. The molecule has 0 saturated carbocycles. The van der Waals surface area contributed by atoms with E-state index in [2.05, 4.69) is 30.3 Å². The molecule has 1 fully saturated rings. The molecular weight excluding hydrogens is 366 g/mol. The van der Waals surface area contributed by atoms with Gasteiger partial charge in [0.05, 0.1) is 4.88 Å². The van der Waals surface area contributed by atoms with E-state index in [0.29, 0.717) is 12.5 Å². The highest BCUT2D eigenvalue weighted by Crippen LogP contribution is 2.25. The third kappa shape index (κ3) is 4.82. The van der Waals surface area contributed by atoms with Crippen molar-refractivity contribution in [2.45, 2.75) is 25.9 Å². The number of thiophene rings is 1. The first-order valence-corrected chi connectivity index (χ1v) is 10.7. The van der Waals surface area contributed by atoms with Gasteiger partial charge in [-0.3, -0.25) is 4.79 Å². The number of piperidine rings is 1. The molecule has 0 N–H and O–H groups in total. The monoisotopic (exact) mass is 391 g/mol. The van der Waals surface area contributed by atoms with E-state index in [1.807, 2.05) is 46.7 Å². The summed E-state index contributed by atoms with van der Waals surface area (Å²) in [6.45, 7) is 2.20. The molecule has 1 aromatic heterocycles. The molecule has 144 valence electrons. The minimum atomic E-state index is 0.161. The van der Waals surface area contributed by atoms with E-state index in [-0.39, 0.29) is 5.91 Å². The number of amides is 1. The SMILES string of the molecule is O=C(c1cc(COc2ccccc2)cs1)N1CCC(Cc2ccccc2)CC1. The second-order valence-corrected chi connectivity index (χ2v) is 8.26. The average Bonchev–Trinajstić information content (AvgIpc) is 3.23. The maximum absolute atomic E-state index is 12.8. The van der Waals surface area contributed by atoms with Crippen LogP contribution in [-0.2, 0) is 13.0 Å². The van der Waals surface area contributed by atoms with Crippen LogP contribution < -0.4 is 4.74 Å². The second-order valence-electron chi connectivity index (χ2n) is 7.35. The molecule has 3 aromatic rings. The van der Waals surface area contributed by atoms with Gasteiger partial charge >= 0.3 is 0 Å². The van der Waals surface area contributed by atoms with Crippen LogP contribution in [0.4, 0.5) is 0 Å². The fourth-order valence-electron chi connectivity index (χ4n) is 3.69. The number of carbonyl (C=O) groups is 1. The summed E-state index contributed by atoms with van der Waals surface area (Å²) in [5.41, 5.74) is 2.45. The Morgan fingerprint density at radius 2 is 1.64 bits per heavy atom. The van der Waals surface area contributed by atoms with Gasteiger partial charge in [-0.1, -0.05) is 48.5 Å². The fourth-order valence-corrected chi connectivity index (χ4v) is 4.55. The van der Waals surface area contributed by atoms with Crippen molar-refractivity contribution in [3.8, 4) is 5.75 Å². The highest BCUT2D eigenvalue weighted by Gasteiger charge is 2.24. The Balaban J connectivity index is 1.28. The number of benzene rings is 2. The largest absolute Gasteiger partial charge is 0.489 e. The Morgan fingerprint density at radius 3 is 2.36 bits per heavy atom. The maximum Gasteiger partial charge on any atom is 0.263 e. The molecule has 2 heterocycles. The first kappa shape index (κ1) is 18.8. The van der Waals surface area contributed by atoms with E-state index in [1.54, 1.807) is 0 Å². The molecule has 1 aliphatic heterocycles. The molecule has 1 aliphatic rings. The van der Waals surface area contributed by atoms with Crippen LogP contribution in [0.25, 0.3) is 0 Å². The van der Waals surface area contributed by atoms with Crippen molar-refractivity contribution >= 4 is 17.2 Å². The van der Waals surface area contributed by atoms with Crippen molar-refractivity contribution < 1.29 is 9.53 Å². The summed E-state index contributed by atoms with van der Waals surface area (Å²) in [6.07, 6.45) is 3.27. The minimum Gasteiger partial charge on any atom is -0.489 e. The summed E-state index contributed by atoms with van der Waals surface area (Å²) < 4.78 is 5.78. The summed E-state index contributed by atoms with van der Waals surface area (Å²) in [4.78, 5) is 15.7. The first-order chi connectivity index (χ1) is 13.8. The molecule has 4 rings (SSSR count). The molecule has 2 aromatic carbocycles. The van der Waals surface area contributed by atoms with Crippen LogP contribution in [0.15, 0.2) is 72.1 Å². The standard InChI is InChI=1S/C24H25NO2S/c26-24(23-16-21(18-28-23)17-27-22-9-5-2-6-10-22)25-13-11-20(12-14-25)15-19-7-3-1-4-8-19/h1-10,16,18,20H,11-15,17H2. The lowest BCUT2D eigenvalue weighted by atomic mass is 9.90. The van der Waals surface area contributed by atoms with E-state index >= 15 is 0 Å². The van der Waals surface area contributed by atoms with E-state index in [1.165, 1.54) is 16.9 Å². The van der Waals surface area contributed by atoms with Crippen LogP contribution >= 0.6 is 11.3 Å². The Morgan fingerprint density at radius 1 is 0.964 bits per heavy atom.